The van der Waals surface area contributed by atoms with Crippen molar-refractivity contribution in [3.05, 3.63) is 17.7 Å². The van der Waals surface area contributed by atoms with Gasteiger partial charge in [0.15, 0.2) is 34.6 Å². The highest BCUT2D eigenvalue weighted by molar-refractivity contribution is 5.89. The van der Waals surface area contributed by atoms with Crippen molar-refractivity contribution >= 4 is 23.3 Å². The van der Waals surface area contributed by atoms with Crippen molar-refractivity contribution in [2.75, 3.05) is 0 Å². The smallest absolute Gasteiger partial charge is 0.335 e. The first-order chi connectivity index (χ1) is 5.52. The molecule has 0 unspecified atom stereocenters. The number of benzene rings is 1. The number of carboxylic acids is 1. The first-order valence-electron chi connectivity index (χ1n) is 3.00. The van der Waals surface area contributed by atoms with E-state index in [1.54, 1.807) is 0 Å². The Morgan fingerprint density at radius 1 is 1.08 bits per heavy atom. The van der Waals surface area contributed by atoms with Gasteiger partial charge in [0.2, 0.25) is 0 Å². The van der Waals surface area contributed by atoms with E-state index in [1.807, 2.05) is 0 Å². The summed E-state index contributed by atoms with van der Waals surface area (Å²) in [5.74, 6) is -3.33. The zero-order valence-corrected chi connectivity index (χ0v) is 5.85. The lowest BCUT2D eigenvalue weighted by atomic mass is 10.2. The number of rotatable bonds is 1. The first-order valence-corrected chi connectivity index (χ1v) is 3.00. The summed E-state index contributed by atoms with van der Waals surface area (Å²) >= 11 is 0. The minimum Gasteiger partial charge on any atom is -0.504 e. The molecule has 0 spiro atoms. The zero-order chi connectivity index (χ0) is 9.30. The Morgan fingerprint density at radius 3 is 1.77 bits per heavy atom. The molecule has 6 heteroatoms. The Bertz CT molecular complexity index is 313. The molecule has 0 radical (unpaired) electrons. The fraction of sp³-hybridized carbons (Fsp3) is 0. The van der Waals surface area contributed by atoms with Crippen LogP contribution in [0, 0.1) is 0 Å². The van der Waals surface area contributed by atoms with E-state index in [9.17, 15) is 4.79 Å². The largest absolute Gasteiger partial charge is 0.504 e. The summed E-state index contributed by atoms with van der Waals surface area (Å²) in [6.45, 7) is 0. The van der Waals surface area contributed by atoms with Crippen LogP contribution in [0.15, 0.2) is 12.1 Å². The topological polar surface area (TPSA) is 98.0 Å². The van der Waals surface area contributed by atoms with Gasteiger partial charge in [-0.3, -0.25) is 0 Å². The molecule has 0 bridgehead atoms. The van der Waals surface area contributed by atoms with Crippen LogP contribution in [0.1, 0.15) is 10.4 Å². The van der Waals surface area contributed by atoms with Gasteiger partial charge in [-0.2, -0.15) is 0 Å². The molecule has 70 valence electrons. The number of phenols is 3. The average molecular weight is 200 g/mol. The third kappa shape index (κ3) is 2.28. The maximum atomic E-state index is 10.3. The maximum absolute atomic E-state index is 10.3. The second-order valence-electron chi connectivity index (χ2n) is 2.17. The predicted molar refractivity (Wildman–Crippen MR) is 48.3 cm³/mol. The molecule has 0 aliphatic carbocycles. The van der Waals surface area contributed by atoms with Gasteiger partial charge in [-0.1, -0.05) is 0 Å². The van der Waals surface area contributed by atoms with Gasteiger partial charge >= 0.3 is 5.97 Å². The van der Waals surface area contributed by atoms with E-state index >= 15 is 0 Å². The predicted octanol–water partition coefficient (Wildman–Crippen LogP) is -0.682. The van der Waals surface area contributed by atoms with Crippen LogP contribution in [0.25, 0.3) is 0 Å². The van der Waals surface area contributed by atoms with E-state index < -0.39 is 23.2 Å². The lowest BCUT2D eigenvalue weighted by Crippen LogP contribution is -1.95. The van der Waals surface area contributed by atoms with Gasteiger partial charge in [-0.15, -0.1) is 0 Å². The summed E-state index contributed by atoms with van der Waals surface area (Å²) in [5, 5.41) is 35.0. The van der Waals surface area contributed by atoms with Crippen LogP contribution in [0.5, 0.6) is 17.2 Å². The van der Waals surface area contributed by atoms with Crippen LogP contribution in [0.4, 0.5) is 0 Å². The minimum absolute atomic E-state index is 0. The van der Waals surface area contributed by atoms with E-state index in [0.717, 1.165) is 12.1 Å². The molecule has 1 aromatic rings. The van der Waals surface area contributed by atoms with Crippen LogP contribution >= 0.6 is 0 Å². The molecule has 0 aliphatic heterocycles. The number of hydrogen-bond acceptors (Lipinski definition) is 4. The molecule has 0 heterocycles. The molecule has 0 aliphatic rings. The molecular formula is C7H9AlO5. The second kappa shape index (κ2) is 4.03. The Hall–Kier alpha value is -1.38. The van der Waals surface area contributed by atoms with E-state index in [0.29, 0.717) is 0 Å². The Balaban J connectivity index is 0.00000144. The fourth-order valence-corrected chi connectivity index (χ4v) is 0.728. The fourth-order valence-electron chi connectivity index (χ4n) is 0.728. The minimum atomic E-state index is -1.29. The van der Waals surface area contributed by atoms with Crippen molar-refractivity contribution in [2.24, 2.45) is 0 Å². The quantitative estimate of drug-likeness (QED) is 0.355. The highest BCUT2D eigenvalue weighted by atomic mass is 27.0. The van der Waals surface area contributed by atoms with Gasteiger partial charge in [0.1, 0.15) is 0 Å². The molecule has 13 heavy (non-hydrogen) atoms. The van der Waals surface area contributed by atoms with Crippen molar-refractivity contribution in [3.63, 3.8) is 0 Å². The Morgan fingerprint density at radius 2 is 1.46 bits per heavy atom. The highest BCUT2D eigenvalue weighted by Gasteiger charge is 2.11. The lowest BCUT2D eigenvalue weighted by molar-refractivity contribution is 0.0696. The molecular weight excluding hydrogens is 191 g/mol. The van der Waals surface area contributed by atoms with Crippen molar-refractivity contribution < 1.29 is 25.2 Å². The van der Waals surface area contributed by atoms with Crippen molar-refractivity contribution in [2.45, 2.75) is 0 Å². The van der Waals surface area contributed by atoms with E-state index in [4.69, 9.17) is 20.4 Å². The summed E-state index contributed by atoms with van der Waals surface area (Å²) in [6.07, 6.45) is 0. The number of carboxylic acid groups (broad SMARTS) is 1. The van der Waals surface area contributed by atoms with E-state index in [2.05, 4.69) is 0 Å². The lowest BCUT2D eigenvalue weighted by Gasteiger charge is -2.01. The number of phenolic OH excluding ortho intramolecular Hbond substituents is 3. The molecule has 0 amide bonds. The van der Waals surface area contributed by atoms with Gasteiger partial charge in [0, 0.05) is 0 Å². The van der Waals surface area contributed by atoms with Gasteiger partial charge in [0.05, 0.1) is 5.56 Å². The number of hydrogen-bond donors (Lipinski definition) is 4. The van der Waals surface area contributed by atoms with Crippen LogP contribution in [-0.2, 0) is 0 Å². The van der Waals surface area contributed by atoms with E-state index in [1.165, 1.54) is 0 Å². The highest BCUT2D eigenvalue weighted by Crippen LogP contribution is 2.35. The van der Waals surface area contributed by atoms with Crippen LogP contribution in [-0.4, -0.2) is 43.8 Å². The number of carbonyl (C=O) groups is 1. The molecule has 0 fully saturated rings. The second-order valence-corrected chi connectivity index (χ2v) is 2.17. The molecule has 0 saturated heterocycles. The van der Waals surface area contributed by atoms with Crippen molar-refractivity contribution in [1.29, 1.82) is 0 Å². The normalized spacial score (nSPS) is 8.92. The third-order valence-corrected chi connectivity index (χ3v) is 1.32. The summed E-state index contributed by atoms with van der Waals surface area (Å²) < 4.78 is 0. The third-order valence-electron chi connectivity index (χ3n) is 1.32. The maximum Gasteiger partial charge on any atom is 0.335 e. The zero-order valence-electron chi connectivity index (χ0n) is 5.85. The van der Waals surface area contributed by atoms with E-state index in [-0.39, 0.29) is 22.9 Å². The summed E-state index contributed by atoms with van der Waals surface area (Å²) in [4.78, 5) is 10.3. The Kier molecular flexibility index (Phi) is 3.60. The molecule has 4 N–H and O–H groups in total. The van der Waals surface area contributed by atoms with Crippen LogP contribution < -0.4 is 0 Å². The average Bonchev–Trinajstić information content (AvgIpc) is 1.99. The molecule has 1 aromatic carbocycles. The standard InChI is InChI=1S/C7H6O5.Al.3H/c8-4-1-3(7(11)12)2-5(9)6(4)10;;;;/h1-2,8-10H,(H,11,12);;;;. The first kappa shape index (κ1) is 11.6. The van der Waals surface area contributed by atoms with Crippen LogP contribution in [0.3, 0.4) is 0 Å². The van der Waals surface area contributed by atoms with Gasteiger partial charge < -0.3 is 20.4 Å². The monoisotopic (exact) mass is 200 g/mol. The molecule has 0 saturated carbocycles. The Labute approximate surface area is 84.0 Å². The van der Waals surface area contributed by atoms with Crippen LogP contribution in [0.2, 0.25) is 0 Å². The van der Waals surface area contributed by atoms with Gasteiger partial charge in [0.25, 0.3) is 0 Å². The van der Waals surface area contributed by atoms with Crippen molar-refractivity contribution in [1.82, 2.24) is 0 Å². The molecule has 0 aromatic heterocycles. The summed E-state index contributed by atoms with van der Waals surface area (Å²) in [5.41, 5.74) is -0.289. The molecule has 0 atom stereocenters. The van der Waals surface area contributed by atoms with Gasteiger partial charge in [-0.25, -0.2) is 4.79 Å². The number of aromatic hydroxyl groups is 3. The number of aromatic carboxylic acids is 1. The SMILES string of the molecule is O=C(O)c1cc(O)c(O)c(O)c1.[AlH3]. The molecule has 5 nitrogen and oxygen atoms in total. The molecule has 1 rings (SSSR count). The summed E-state index contributed by atoms with van der Waals surface area (Å²) in [6, 6.07) is 1.69. The summed E-state index contributed by atoms with van der Waals surface area (Å²) in [7, 11) is 0. The van der Waals surface area contributed by atoms with Gasteiger partial charge in [-0.05, 0) is 12.1 Å². The van der Waals surface area contributed by atoms with Crippen molar-refractivity contribution in [3.8, 4) is 17.2 Å².